The van der Waals surface area contributed by atoms with Crippen LogP contribution in [0.3, 0.4) is 0 Å². The number of aryl methyl sites for hydroxylation is 4. The first-order chi connectivity index (χ1) is 59.2. The molecule has 0 spiro atoms. The fourth-order valence-electron chi connectivity index (χ4n) is 17.1. The Morgan fingerprint density at radius 3 is 0.728 bits per heavy atom. The summed E-state index contributed by atoms with van der Waals surface area (Å²) in [5.41, 5.74) is 14.3. The van der Waals surface area contributed by atoms with Crippen molar-refractivity contribution in [3.63, 3.8) is 0 Å². The molecule has 0 aliphatic carbocycles. The lowest BCUT2D eigenvalue weighted by molar-refractivity contribution is 0.381. The SMILES string of the molecule is COc1c(C(C)(C)C)cc(P(c2cc(C(C)(C)C)c(C)c(C(C)(C)C)c2)c2cc(C(C)(C)C)c(OC)c(C(C)(C)C)c2)cc1C(C)(C)C.COc1cccc(P(c2cccc(C)c2)c2cccc(OC)c2)c1.Cc1ccccc1P(c1ccccc1C)c1ccccc1C.c1ccc2c(P(c3cccc4ccccc34)c3cccc4ccccc34)cccc2c1. The average Bonchev–Trinajstić information content (AvgIpc) is 0.726. The molecule has 4 nitrogen and oxygen atoms in total. The van der Waals surface area contributed by atoms with Crippen LogP contribution in [0.15, 0.2) is 309 Å². The largest absolute Gasteiger partial charge is 0.497 e. The van der Waals surface area contributed by atoms with Crippen molar-refractivity contribution < 1.29 is 18.9 Å². The third-order valence-corrected chi connectivity index (χ3v) is 33.8. The van der Waals surface area contributed by atoms with Crippen molar-refractivity contribution in [2.24, 2.45) is 0 Å². The van der Waals surface area contributed by atoms with Crippen LogP contribution < -0.4 is 82.6 Å². The van der Waals surface area contributed by atoms with E-state index in [1.165, 1.54) is 157 Å². The fraction of sp³-hybridized carbons (Fsp3) is 0.282. The van der Waals surface area contributed by atoms with Crippen molar-refractivity contribution in [2.75, 3.05) is 28.4 Å². The molecule has 0 aliphatic heterocycles. The van der Waals surface area contributed by atoms with Crippen LogP contribution in [0.5, 0.6) is 23.0 Å². The van der Waals surface area contributed by atoms with E-state index < -0.39 is 31.7 Å². The summed E-state index contributed by atoms with van der Waals surface area (Å²) >= 11 is 0. The molecule has 0 atom stereocenters. The highest BCUT2D eigenvalue weighted by Gasteiger charge is 2.36. The zero-order valence-corrected chi connectivity index (χ0v) is 82.9. The first-order valence-electron chi connectivity index (χ1n) is 44.0. The molecule has 644 valence electrons. The molecule has 15 aromatic carbocycles. The van der Waals surface area contributed by atoms with Crippen molar-refractivity contribution >= 4 is 128 Å². The van der Waals surface area contributed by atoms with Crippen LogP contribution in [0.25, 0.3) is 32.3 Å². The van der Waals surface area contributed by atoms with Gasteiger partial charge in [-0.15, -0.1) is 0 Å². The monoisotopic (exact) mass is 1720 g/mol. The number of benzene rings is 15. The van der Waals surface area contributed by atoms with E-state index in [1.54, 1.807) is 14.2 Å². The molecule has 8 heteroatoms. The Hall–Kier alpha value is -10.0. The molecule has 0 saturated carbocycles. The summed E-state index contributed by atoms with van der Waals surface area (Å²) in [6.45, 7) is 53.1. The molecule has 0 unspecified atom stereocenters. The number of hydrogen-bond acceptors (Lipinski definition) is 4. The standard InChI is InChI=1S/C45H69O2P.C30H21P.C21H21O2P.C21H21P/c1-28-32(40(2,3)4)22-29(23-33(28)41(5,6)7)48(30-24-34(42(8,9)10)38(46-20)35(25-30)43(11,12)13)31-26-36(44(14,15)16)39(47-21)37(27-31)45(17,18)19;1-4-16-25-22(10-1)13-7-19-28(25)31(29-20-8-14-23-11-2-5-17-26(23)29)30-21-9-15-24-12-3-6-18-27(24)30;1-16-7-4-10-19(13-16)24(20-11-5-8-17(14-20)22-2)21-12-6-9-18(15-21)23-3;1-16-10-4-7-13-19(16)22(20-14-8-5-11-17(20)2)21-15-9-6-12-18(21)3/h22-27H,1-21H3;1-21H;4-15H,1-3H3;4-15H,1-3H3. The highest BCUT2D eigenvalue weighted by atomic mass is 31.1. The maximum atomic E-state index is 6.27. The quantitative estimate of drug-likeness (QED) is 0.0904. The molecule has 0 N–H and O–H groups in total. The molecular formula is C117H132O4P4. The molecule has 0 aromatic heterocycles. The van der Waals surface area contributed by atoms with Gasteiger partial charge < -0.3 is 18.9 Å². The van der Waals surface area contributed by atoms with Gasteiger partial charge in [0.05, 0.1) is 28.4 Å². The third-order valence-electron chi connectivity index (χ3n) is 23.5. The van der Waals surface area contributed by atoms with Gasteiger partial charge in [-0.2, -0.15) is 0 Å². The lowest BCUT2D eigenvalue weighted by Crippen LogP contribution is -2.31. The van der Waals surface area contributed by atoms with E-state index >= 15 is 0 Å². The predicted molar refractivity (Wildman–Crippen MR) is 555 cm³/mol. The lowest BCUT2D eigenvalue weighted by atomic mass is 9.77. The highest BCUT2D eigenvalue weighted by molar-refractivity contribution is 7.81. The Bertz CT molecular complexity index is 5740. The Labute approximate surface area is 755 Å². The zero-order valence-electron chi connectivity index (χ0n) is 79.4. The minimum absolute atomic E-state index is 0.00118. The van der Waals surface area contributed by atoms with E-state index in [4.69, 9.17) is 18.9 Å². The first-order valence-corrected chi connectivity index (χ1v) is 49.4. The van der Waals surface area contributed by atoms with Gasteiger partial charge in [0.1, 0.15) is 23.0 Å². The van der Waals surface area contributed by atoms with Crippen LogP contribution in [-0.4, -0.2) is 28.4 Å². The van der Waals surface area contributed by atoms with E-state index in [9.17, 15) is 0 Å². The van der Waals surface area contributed by atoms with Crippen molar-refractivity contribution in [3.8, 4) is 23.0 Å². The summed E-state index contributed by atoms with van der Waals surface area (Å²) in [7, 11) is 4.18. The normalized spacial score (nSPS) is 12.1. The van der Waals surface area contributed by atoms with Gasteiger partial charge in [-0.05, 0) is 289 Å². The van der Waals surface area contributed by atoms with Gasteiger partial charge in [0, 0.05) is 22.3 Å². The van der Waals surface area contributed by atoms with Crippen molar-refractivity contribution in [1.82, 2.24) is 0 Å². The van der Waals surface area contributed by atoms with Gasteiger partial charge in [-0.25, -0.2) is 0 Å². The molecule has 15 rings (SSSR count). The average molecular weight is 1730 g/mol. The molecule has 0 saturated heterocycles. The Kier molecular flexibility index (Phi) is 29.7. The number of hydrogen-bond donors (Lipinski definition) is 0. The lowest BCUT2D eigenvalue weighted by Gasteiger charge is -2.35. The molecule has 0 amide bonds. The van der Waals surface area contributed by atoms with Gasteiger partial charge >= 0.3 is 0 Å². The van der Waals surface area contributed by atoms with E-state index in [2.05, 4.69) is 456 Å². The summed E-state index contributed by atoms with van der Waals surface area (Å²) in [5, 5.41) is 24.6. The maximum Gasteiger partial charge on any atom is 0.126 e. The van der Waals surface area contributed by atoms with E-state index in [1.807, 2.05) is 26.4 Å². The fourth-order valence-corrected chi connectivity index (χ4v) is 27.6. The zero-order chi connectivity index (χ0) is 90.3. The number of methoxy groups -OCH3 is 4. The second-order valence-electron chi connectivity index (χ2n) is 39.3. The number of fused-ring (bicyclic) bond motifs is 3. The summed E-state index contributed by atoms with van der Waals surface area (Å²) in [4.78, 5) is 0. The predicted octanol–water partition coefficient (Wildman–Crippen LogP) is 26.6. The van der Waals surface area contributed by atoms with Crippen molar-refractivity contribution in [2.45, 2.75) is 192 Å². The topological polar surface area (TPSA) is 36.9 Å². The van der Waals surface area contributed by atoms with Gasteiger partial charge in [-0.1, -0.05) is 379 Å². The smallest absolute Gasteiger partial charge is 0.126 e. The van der Waals surface area contributed by atoms with E-state index in [0.717, 1.165) is 23.0 Å². The number of ether oxygens (including phenoxy) is 4. The summed E-state index contributed by atoms with van der Waals surface area (Å²) in [5.74, 6) is 3.80. The first kappa shape index (κ1) is 94.1. The highest BCUT2D eigenvalue weighted by Crippen LogP contribution is 2.49. The Morgan fingerprint density at radius 2 is 0.440 bits per heavy atom. The van der Waals surface area contributed by atoms with E-state index in [0.29, 0.717) is 0 Å². The molecule has 0 heterocycles. The van der Waals surface area contributed by atoms with Crippen LogP contribution in [0, 0.1) is 34.6 Å². The second-order valence-corrected chi connectivity index (χ2v) is 47.9. The molecule has 0 radical (unpaired) electrons. The Balaban J connectivity index is 0.000000159. The molecule has 0 fully saturated rings. The van der Waals surface area contributed by atoms with Crippen LogP contribution in [0.2, 0.25) is 0 Å². The van der Waals surface area contributed by atoms with Gasteiger partial charge in [0.2, 0.25) is 0 Å². The summed E-state index contributed by atoms with van der Waals surface area (Å²) in [6.07, 6.45) is 0. The maximum absolute atomic E-state index is 6.27. The van der Waals surface area contributed by atoms with Crippen LogP contribution >= 0.6 is 31.7 Å². The van der Waals surface area contributed by atoms with Gasteiger partial charge in [0.25, 0.3) is 0 Å². The van der Waals surface area contributed by atoms with Gasteiger partial charge in [0.15, 0.2) is 0 Å². The molecular weight excluding hydrogens is 1590 g/mol. The second kappa shape index (κ2) is 39.5. The minimum atomic E-state index is -0.984. The van der Waals surface area contributed by atoms with E-state index in [-0.39, 0.29) is 32.5 Å². The molecule has 0 aliphatic rings. The van der Waals surface area contributed by atoms with Crippen LogP contribution in [-0.2, 0) is 32.5 Å². The van der Waals surface area contributed by atoms with Gasteiger partial charge in [-0.3, -0.25) is 0 Å². The summed E-state index contributed by atoms with van der Waals surface area (Å²) in [6, 6.07) is 113. The molecule has 125 heavy (non-hydrogen) atoms. The molecule has 0 bridgehead atoms. The Morgan fingerprint density at radius 1 is 0.200 bits per heavy atom. The summed E-state index contributed by atoms with van der Waals surface area (Å²) < 4.78 is 23.4. The van der Waals surface area contributed by atoms with Crippen molar-refractivity contribution in [3.05, 3.63) is 371 Å². The van der Waals surface area contributed by atoms with Crippen LogP contribution in [0.4, 0.5) is 0 Å². The van der Waals surface area contributed by atoms with Crippen molar-refractivity contribution in [1.29, 1.82) is 0 Å². The molecule has 15 aromatic rings. The number of rotatable bonds is 16. The third kappa shape index (κ3) is 21.8. The van der Waals surface area contributed by atoms with Crippen LogP contribution in [0.1, 0.15) is 186 Å². The minimum Gasteiger partial charge on any atom is -0.497 e.